The van der Waals surface area contributed by atoms with Gasteiger partial charge in [0.2, 0.25) is 0 Å². The van der Waals surface area contributed by atoms with Gasteiger partial charge in [0.1, 0.15) is 5.60 Å². The molecule has 1 fully saturated rings. The molecule has 2 rings (SSSR count). The van der Waals surface area contributed by atoms with Crippen molar-refractivity contribution in [3.8, 4) is 6.07 Å². The number of nitrogens with one attached hydrogen (secondary N) is 1. The topological polar surface area (TPSA) is 62.1 Å². The molecule has 1 heterocycles. The number of carbonyl (C=O) groups excluding carboxylic acids is 1. The Balaban J connectivity index is 2.26. The van der Waals surface area contributed by atoms with Crippen molar-refractivity contribution < 1.29 is 22.7 Å². The van der Waals surface area contributed by atoms with E-state index < -0.39 is 28.8 Å². The summed E-state index contributed by atoms with van der Waals surface area (Å²) in [5.74, 6) is -0.488. The third-order valence-corrected chi connectivity index (χ3v) is 3.40. The van der Waals surface area contributed by atoms with Gasteiger partial charge in [-0.15, -0.1) is 0 Å². The maximum Gasteiger partial charge on any atom is 0.417 e. The summed E-state index contributed by atoms with van der Waals surface area (Å²) in [5.41, 5.74) is -2.58. The summed E-state index contributed by atoms with van der Waals surface area (Å²) in [5, 5.41) is 11.1. The average molecular weight is 298 g/mol. The molecule has 0 aliphatic carbocycles. The van der Waals surface area contributed by atoms with E-state index >= 15 is 0 Å². The third kappa shape index (κ3) is 3.16. The van der Waals surface area contributed by atoms with Crippen LogP contribution in [0.15, 0.2) is 18.2 Å². The predicted molar refractivity (Wildman–Crippen MR) is 68.4 cm³/mol. The van der Waals surface area contributed by atoms with Gasteiger partial charge in [0, 0.05) is 12.3 Å². The van der Waals surface area contributed by atoms with Crippen molar-refractivity contribution in [2.45, 2.75) is 31.5 Å². The molecule has 7 heteroatoms. The maximum atomic E-state index is 12.8. The standard InChI is InChI=1S/C14H13F3N2O2/c1-13(5-2-6-21-13)12(20)19-10-4-3-9(8-18)11(7-10)14(15,16)17/h3-4,7H,2,5-6H2,1H3,(H,19,20). The molecule has 1 aromatic carbocycles. The largest absolute Gasteiger partial charge is 0.417 e. The summed E-state index contributed by atoms with van der Waals surface area (Å²) in [6.07, 6.45) is -3.41. The molecule has 1 amide bonds. The van der Waals surface area contributed by atoms with Gasteiger partial charge in [0.15, 0.2) is 0 Å². The van der Waals surface area contributed by atoms with Crippen LogP contribution in [0.3, 0.4) is 0 Å². The summed E-state index contributed by atoms with van der Waals surface area (Å²) < 4.78 is 43.9. The second-order valence-electron chi connectivity index (χ2n) is 5.01. The van der Waals surface area contributed by atoms with Crippen LogP contribution < -0.4 is 5.32 Å². The van der Waals surface area contributed by atoms with Crippen LogP contribution in [0.4, 0.5) is 18.9 Å². The Morgan fingerprint density at radius 1 is 1.48 bits per heavy atom. The molecule has 0 saturated carbocycles. The summed E-state index contributed by atoms with van der Waals surface area (Å²) in [7, 11) is 0. The van der Waals surface area contributed by atoms with Crippen molar-refractivity contribution in [1.82, 2.24) is 0 Å². The monoisotopic (exact) mass is 298 g/mol. The maximum absolute atomic E-state index is 12.8. The fourth-order valence-corrected chi connectivity index (χ4v) is 2.18. The van der Waals surface area contributed by atoms with Crippen LogP contribution in [-0.4, -0.2) is 18.1 Å². The van der Waals surface area contributed by atoms with Gasteiger partial charge in [-0.1, -0.05) is 0 Å². The number of amides is 1. The molecule has 0 radical (unpaired) electrons. The molecule has 0 spiro atoms. The minimum absolute atomic E-state index is 0.0111. The van der Waals surface area contributed by atoms with Gasteiger partial charge < -0.3 is 10.1 Å². The molecule has 0 aromatic heterocycles. The van der Waals surface area contributed by atoms with Crippen LogP contribution in [0.25, 0.3) is 0 Å². The van der Waals surface area contributed by atoms with Crippen LogP contribution in [0.2, 0.25) is 0 Å². The number of nitriles is 1. The highest BCUT2D eigenvalue weighted by Gasteiger charge is 2.38. The Hall–Kier alpha value is -2.07. The van der Waals surface area contributed by atoms with Crippen LogP contribution >= 0.6 is 0 Å². The second-order valence-corrected chi connectivity index (χ2v) is 5.01. The zero-order chi connectivity index (χ0) is 15.7. The van der Waals surface area contributed by atoms with Gasteiger partial charge in [-0.2, -0.15) is 18.4 Å². The molecule has 1 aromatic rings. The van der Waals surface area contributed by atoms with Crippen molar-refractivity contribution in [2.24, 2.45) is 0 Å². The molecule has 1 N–H and O–H groups in total. The predicted octanol–water partition coefficient (Wildman–Crippen LogP) is 3.08. The number of hydrogen-bond acceptors (Lipinski definition) is 3. The molecule has 4 nitrogen and oxygen atoms in total. The SMILES string of the molecule is CC1(C(=O)Nc2ccc(C#N)c(C(F)(F)F)c2)CCCO1. The Morgan fingerprint density at radius 2 is 2.19 bits per heavy atom. The molecule has 1 aliphatic rings. The zero-order valence-corrected chi connectivity index (χ0v) is 11.3. The van der Waals surface area contributed by atoms with Gasteiger partial charge in [0.25, 0.3) is 5.91 Å². The smallest absolute Gasteiger partial charge is 0.365 e. The van der Waals surface area contributed by atoms with Crippen LogP contribution in [0, 0.1) is 11.3 Å². The van der Waals surface area contributed by atoms with Gasteiger partial charge in [-0.05, 0) is 38.0 Å². The molecule has 1 aliphatic heterocycles. The highest BCUT2D eigenvalue weighted by molar-refractivity contribution is 5.97. The van der Waals surface area contributed by atoms with E-state index in [1.807, 2.05) is 0 Å². The first-order valence-corrected chi connectivity index (χ1v) is 6.33. The van der Waals surface area contributed by atoms with Gasteiger partial charge in [0.05, 0.1) is 17.2 Å². The number of carbonyl (C=O) groups is 1. The first-order valence-electron chi connectivity index (χ1n) is 6.33. The van der Waals surface area contributed by atoms with E-state index in [1.165, 1.54) is 12.1 Å². The number of alkyl halides is 3. The van der Waals surface area contributed by atoms with E-state index in [0.29, 0.717) is 13.0 Å². The van der Waals surface area contributed by atoms with Gasteiger partial charge >= 0.3 is 6.18 Å². The molecule has 1 unspecified atom stereocenters. The van der Waals surface area contributed by atoms with E-state index in [1.54, 1.807) is 6.92 Å². The molecule has 21 heavy (non-hydrogen) atoms. The first kappa shape index (κ1) is 15.3. The number of anilines is 1. The lowest BCUT2D eigenvalue weighted by atomic mass is 10.0. The Kier molecular flexibility index (Phi) is 3.92. The number of hydrogen-bond donors (Lipinski definition) is 1. The lowest BCUT2D eigenvalue weighted by molar-refractivity contribution is -0.138. The highest BCUT2D eigenvalue weighted by Crippen LogP contribution is 2.34. The summed E-state index contributed by atoms with van der Waals surface area (Å²) >= 11 is 0. The van der Waals surface area contributed by atoms with Crippen molar-refractivity contribution in [1.29, 1.82) is 5.26 Å². The molecule has 1 saturated heterocycles. The normalized spacial score (nSPS) is 21.9. The molecule has 0 bridgehead atoms. The third-order valence-electron chi connectivity index (χ3n) is 3.40. The van der Waals surface area contributed by atoms with E-state index in [-0.39, 0.29) is 5.69 Å². The lowest BCUT2D eigenvalue weighted by Gasteiger charge is -2.22. The van der Waals surface area contributed by atoms with Crippen molar-refractivity contribution in [2.75, 3.05) is 11.9 Å². The summed E-state index contributed by atoms with van der Waals surface area (Å²) in [6.45, 7) is 2.05. The van der Waals surface area contributed by atoms with Crippen molar-refractivity contribution >= 4 is 11.6 Å². The number of benzene rings is 1. The van der Waals surface area contributed by atoms with Crippen molar-refractivity contribution in [3.05, 3.63) is 29.3 Å². The summed E-state index contributed by atoms with van der Waals surface area (Å²) in [4.78, 5) is 12.1. The number of nitrogens with zero attached hydrogens (tertiary/aromatic N) is 1. The van der Waals surface area contributed by atoms with Crippen LogP contribution in [0.5, 0.6) is 0 Å². The van der Waals surface area contributed by atoms with E-state index in [0.717, 1.165) is 18.6 Å². The molecular formula is C14H13F3N2O2. The number of rotatable bonds is 2. The van der Waals surface area contributed by atoms with E-state index in [9.17, 15) is 18.0 Å². The average Bonchev–Trinajstić information content (AvgIpc) is 2.86. The number of halogens is 3. The molecular weight excluding hydrogens is 285 g/mol. The van der Waals surface area contributed by atoms with Crippen LogP contribution in [-0.2, 0) is 15.7 Å². The quantitative estimate of drug-likeness (QED) is 0.912. The Labute approximate surface area is 119 Å². The minimum Gasteiger partial charge on any atom is -0.365 e. The zero-order valence-electron chi connectivity index (χ0n) is 11.3. The Bertz CT molecular complexity index is 599. The minimum atomic E-state index is -4.65. The fraction of sp³-hybridized carbons (Fsp3) is 0.429. The number of ether oxygens (including phenoxy) is 1. The first-order chi connectivity index (χ1) is 9.76. The molecule has 112 valence electrons. The highest BCUT2D eigenvalue weighted by atomic mass is 19.4. The molecule has 1 atom stereocenters. The summed E-state index contributed by atoms with van der Waals surface area (Å²) in [6, 6.07) is 4.55. The second kappa shape index (κ2) is 5.37. The van der Waals surface area contributed by atoms with E-state index in [2.05, 4.69) is 5.32 Å². The fourth-order valence-electron chi connectivity index (χ4n) is 2.18. The van der Waals surface area contributed by atoms with Crippen LogP contribution in [0.1, 0.15) is 30.9 Å². The lowest BCUT2D eigenvalue weighted by Crippen LogP contribution is -2.39. The Morgan fingerprint density at radius 3 is 2.71 bits per heavy atom. The van der Waals surface area contributed by atoms with E-state index in [4.69, 9.17) is 10.00 Å². The van der Waals surface area contributed by atoms with Gasteiger partial charge in [-0.25, -0.2) is 0 Å². The van der Waals surface area contributed by atoms with Gasteiger partial charge in [-0.3, -0.25) is 4.79 Å². The van der Waals surface area contributed by atoms with Crippen molar-refractivity contribution in [3.63, 3.8) is 0 Å².